The normalized spacial score (nSPS) is 14.4. The number of allylic oxidation sites excluding steroid dienone is 2. The quantitative estimate of drug-likeness (QED) is 0.720. The Morgan fingerprint density at radius 2 is 2.07 bits per heavy atom. The van der Waals surface area contributed by atoms with E-state index in [1.54, 1.807) is 6.20 Å². The average Bonchev–Trinajstić information content (AvgIpc) is 2.85. The predicted molar refractivity (Wildman–Crippen MR) is 55.3 cm³/mol. The first kappa shape index (κ1) is 7.38. The molecule has 1 aliphatic rings. The summed E-state index contributed by atoms with van der Waals surface area (Å²) in [6.45, 7) is 0. The van der Waals surface area contributed by atoms with Gasteiger partial charge in [-0.05, 0) is 18.2 Å². The van der Waals surface area contributed by atoms with Crippen molar-refractivity contribution in [1.29, 1.82) is 0 Å². The first-order valence-corrected chi connectivity index (χ1v) is 4.46. The highest BCUT2D eigenvalue weighted by Crippen LogP contribution is 2.22. The molecule has 0 fully saturated rings. The number of aromatic amines is 1. The zero-order valence-corrected chi connectivity index (χ0v) is 7.44. The molecular weight excluding hydrogens is 174 g/mol. The zero-order chi connectivity index (χ0) is 9.38. The van der Waals surface area contributed by atoms with E-state index in [2.05, 4.69) is 15.5 Å². The lowest BCUT2D eigenvalue weighted by molar-refractivity contribution is 1.07. The van der Waals surface area contributed by atoms with Crippen molar-refractivity contribution in [1.82, 2.24) is 15.5 Å². The van der Waals surface area contributed by atoms with Gasteiger partial charge in [-0.1, -0.05) is 18.2 Å². The molecule has 1 N–H and O–H groups in total. The number of nitrogens with one attached hydrogen (secondary N) is 1. The van der Waals surface area contributed by atoms with E-state index >= 15 is 0 Å². The molecule has 1 radical (unpaired) electrons. The molecule has 0 spiro atoms. The summed E-state index contributed by atoms with van der Waals surface area (Å²) in [7, 11) is 0. The van der Waals surface area contributed by atoms with Crippen molar-refractivity contribution >= 4 is 16.6 Å². The first-order valence-electron chi connectivity index (χ1n) is 4.46. The molecule has 3 nitrogen and oxygen atoms in total. The highest BCUT2D eigenvalue weighted by atomic mass is 15.1. The molecule has 1 aromatic carbocycles. The monoisotopic (exact) mass is 182 g/mol. The summed E-state index contributed by atoms with van der Waals surface area (Å²) in [5.74, 6) is 0. The SMILES string of the molecule is C1=C[N]C(c2n[nH]c3ccccc23)=C1. The van der Waals surface area contributed by atoms with E-state index in [0.717, 1.165) is 22.3 Å². The largest absolute Gasteiger partial charge is 0.277 e. The summed E-state index contributed by atoms with van der Waals surface area (Å²) in [6.07, 6.45) is 5.65. The lowest BCUT2D eigenvalue weighted by Crippen LogP contribution is -1.92. The van der Waals surface area contributed by atoms with E-state index in [9.17, 15) is 0 Å². The summed E-state index contributed by atoms with van der Waals surface area (Å²) < 4.78 is 0. The maximum atomic E-state index is 4.25. The van der Waals surface area contributed by atoms with Gasteiger partial charge in [0.15, 0.2) is 0 Å². The van der Waals surface area contributed by atoms with Gasteiger partial charge in [0.25, 0.3) is 0 Å². The van der Waals surface area contributed by atoms with Gasteiger partial charge in [0.2, 0.25) is 0 Å². The van der Waals surface area contributed by atoms with Crippen LogP contribution in [0.5, 0.6) is 0 Å². The van der Waals surface area contributed by atoms with Crippen LogP contribution in [-0.2, 0) is 0 Å². The Labute approximate surface area is 81.1 Å². The molecule has 2 aromatic rings. The van der Waals surface area contributed by atoms with Crippen LogP contribution in [0.2, 0.25) is 0 Å². The van der Waals surface area contributed by atoms with Crippen molar-refractivity contribution in [3.05, 3.63) is 48.3 Å². The molecule has 1 aliphatic heterocycles. The van der Waals surface area contributed by atoms with Gasteiger partial charge in [-0.25, -0.2) is 0 Å². The molecule has 0 amide bonds. The number of para-hydroxylation sites is 1. The van der Waals surface area contributed by atoms with Crippen LogP contribution in [0, 0.1) is 0 Å². The van der Waals surface area contributed by atoms with Gasteiger partial charge in [-0.15, -0.1) is 0 Å². The molecule has 67 valence electrons. The van der Waals surface area contributed by atoms with Crippen LogP contribution in [-0.4, -0.2) is 10.2 Å². The fourth-order valence-corrected chi connectivity index (χ4v) is 1.60. The van der Waals surface area contributed by atoms with Crippen molar-refractivity contribution in [3.63, 3.8) is 0 Å². The Kier molecular flexibility index (Phi) is 1.44. The lowest BCUT2D eigenvalue weighted by Gasteiger charge is -1.95. The third-order valence-corrected chi connectivity index (χ3v) is 2.27. The smallest absolute Gasteiger partial charge is 0.118 e. The summed E-state index contributed by atoms with van der Waals surface area (Å²) in [6, 6.07) is 8.05. The molecule has 0 unspecified atom stereocenters. The molecule has 0 saturated heterocycles. The molecule has 2 heterocycles. The van der Waals surface area contributed by atoms with Crippen LogP contribution in [0.3, 0.4) is 0 Å². The van der Waals surface area contributed by atoms with Gasteiger partial charge in [-0.2, -0.15) is 5.10 Å². The highest BCUT2D eigenvalue weighted by Gasteiger charge is 2.11. The summed E-state index contributed by atoms with van der Waals surface area (Å²) >= 11 is 0. The number of benzene rings is 1. The van der Waals surface area contributed by atoms with Crippen LogP contribution in [0.1, 0.15) is 5.69 Å². The van der Waals surface area contributed by atoms with Gasteiger partial charge in [0, 0.05) is 11.6 Å². The zero-order valence-electron chi connectivity index (χ0n) is 7.44. The van der Waals surface area contributed by atoms with Crippen molar-refractivity contribution in [2.45, 2.75) is 0 Å². The molecule has 14 heavy (non-hydrogen) atoms. The number of fused-ring (bicyclic) bond motifs is 1. The fourth-order valence-electron chi connectivity index (χ4n) is 1.60. The fraction of sp³-hybridized carbons (Fsp3) is 0. The third kappa shape index (κ3) is 0.956. The minimum Gasteiger partial charge on any atom is -0.277 e. The Balaban J connectivity index is 2.22. The molecular formula is C11H8N3. The summed E-state index contributed by atoms with van der Waals surface area (Å²) in [5.41, 5.74) is 2.89. The standard InChI is InChI=1S/C11H8N3/c1-2-5-9-8(4-1)11(14-13-9)10-6-3-7-12-10/h1-7H,(H,13,14). The van der Waals surface area contributed by atoms with E-state index < -0.39 is 0 Å². The third-order valence-electron chi connectivity index (χ3n) is 2.27. The van der Waals surface area contributed by atoms with Gasteiger partial charge in [0.1, 0.15) is 5.69 Å². The molecule has 0 bridgehead atoms. The van der Waals surface area contributed by atoms with E-state index in [4.69, 9.17) is 0 Å². The Morgan fingerprint density at radius 3 is 2.93 bits per heavy atom. The Bertz CT molecular complexity index is 534. The van der Waals surface area contributed by atoms with Crippen molar-refractivity contribution in [3.8, 4) is 0 Å². The lowest BCUT2D eigenvalue weighted by atomic mass is 10.2. The molecule has 0 saturated carbocycles. The summed E-state index contributed by atoms with van der Waals surface area (Å²) in [5, 5.41) is 12.6. The average molecular weight is 182 g/mol. The van der Waals surface area contributed by atoms with Gasteiger partial charge in [-0.3, -0.25) is 10.4 Å². The van der Waals surface area contributed by atoms with E-state index in [1.807, 2.05) is 36.4 Å². The molecule has 0 aliphatic carbocycles. The van der Waals surface area contributed by atoms with Crippen LogP contribution < -0.4 is 5.32 Å². The van der Waals surface area contributed by atoms with Gasteiger partial charge < -0.3 is 0 Å². The minimum absolute atomic E-state index is 0.919. The van der Waals surface area contributed by atoms with Gasteiger partial charge in [0.05, 0.1) is 11.2 Å². The molecule has 3 rings (SSSR count). The number of nitrogens with zero attached hydrogens (tertiary/aromatic N) is 2. The van der Waals surface area contributed by atoms with Crippen molar-refractivity contribution in [2.75, 3.05) is 0 Å². The number of H-pyrrole nitrogens is 1. The Hall–Kier alpha value is -2.03. The van der Waals surface area contributed by atoms with E-state index in [0.29, 0.717) is 0 Å². The second kappa shape index (κ2) is 2.73. The van der Waals surface area contributed by atoms with Crippen LogP contribution in [0.15, 0.2) is 42.6 Å². The van der Waals surface area contributed by atoms with E-state index in [-0.39, 0.29) is 0 Å². The van der Waals surface area contributed by atoms with Gasteiger partial charge >= 0.3 is 0 Å². The minimum atomic E-state index is 0.919. The van der Waals surface area contributed by atoms with Crippen molar-refractivity contribution in [2.24, 2.45) is 0 Å². The van der Waals surface area contributed by atoms with Crippen LogP contribution in [0.4, 0.5) is 0 Å². The Morgan fingerprint density at radius 1 is 1.14 bits per heavy atom. The second-order valence-corrected chi connectivity index (χ2v) is 3.14. The predicted octanol–water partition coefficient (Wildman–Crippen LogP) is 2.04. The maximum Gasteiger partial charge on any atom is 0.118 e. The van der Waals surface area contributed by atoms with E-state index in [1.165, 1.54) is 0 Å². The highest BCUT2D eigenvalue weighted by molar-refractivity contribution is 5.90. The molecule has 0 atom stereocenters. The van der Waals surface area contributed by atoms with Crippen LogP contribution >= 0.6 is 0 Å². The maximum absolute atomic E-state index is 4.25. The topological polar surface area (TPSA) is 42.8 Å². The molecule has 1 aromatic heterocycles. The first-order chi connectivity index (χ1) is 6.95. The van der Waals surface area contributed by atoms with Crippen LogP contribution in [0.25, 0.3) is 16.6 Å². The molecule has 3 heteroatoms. The van der Waals surface area contributed by atoms with Crippen molar-refractivity contribution < 1.29 is 0 Å². The summed E-state index contributed by atoms with van der Waals surface area (Å²) in [4.78, 5) is 0. The number of hydrogen-bond acceptors (Lipinski definition) is 1. The number of rotatable bonds is 1. The second-order valence-electron chi connectivity index (χ2n) is 3.14. The number of aromatic nitrogens is 2. The number of hydrogen-bond donors (Lipinski definition) is 1.